The Hall–Kier alpha value is -1.64. The van der Waals surface area contributed by atoms with Gasteiger partial charge in [0.25, 0.3) is 0 Å². The van der Waals surface area contributed by atoms with Crippen molar-refractivity contribution in [3.8, 4) is 0 Å². The van der Waals surface area contributed by atoms with Crippen molar-refractivity contribution in [3.05, 3.63) is 40.1 Å². The van der Waals surface area contributed by atoms with E-state index in [0.29, 0.717) is 23.6 Å². The zero-order chi connectivity index (χ0) is 14.2. The minimum Gasteiger partial charge on any atom is -0.408 e. The second-order valence-corrected chi connectivity index (χ2v) is 6.47. The van der Waals surface area contributed by atoms with Crippen LogP contribution in [-0.2, 0) is 11.8 Å². The Labute approximate surface area is 113 Å². The summed E-state index contributed by atoms with van der Waals surface area (Å²) in [4.78, 5) is 16.4. The first-order valence-electron chi connectivity index (χ1n) is 6.71. The van der Waals surface area contributed by atoms with E-state index in [1.807, 2.05) is 18.2 Å². The first kappa shape index (κ1) is 13.8. The Morgan fingerprint density at radius 3 is 2.53 bits per heavy atom. The highest BCUT2D eigenvalue weighted by Gasteiger charge is 2.16. The maximum atomic E-state index is 11.9. The van der Waals surface area contributed by atoms with E-state index in [-0.39, 0.29) is 11.0 Å². The smallest absolute Gasteiger partial charge is 0.346 e. The Kier molecular flexibility index (Phi) is 3.48. The predicted molar refractivity (Wildman–Crippen MR) is 77.5 cm³/mol. The minimum absolute atomic E-state index is 0.0457. The summed E-state index contributed by atoms with van der Waals surface area (Å²) in [6.45, 7) is 10.6. The molecule has 0 saturated carbocycles. The standard InChI is InChI=1S/C16H21NO2/c1-10(2)8-14-17-13-9-11(16(3,4)5)6-7-12(13)15(18)19-14/h6-7,9-10H,8H2,1-5H3. The van der Waals surface area contributed by atoms with E-state index in [0.717, 1.165) is 5.52 Å². The van der Waals surface area contributed by atoms with Gasteiger partial charge in [0.05, 0.1) is 10.9 Å². The Morgan fingerprint density at radius 1 is 1.26 bits per heavy atom. The van der Waals surface area contributed by atoms with E-state index in [2.05, 4.69) is 39.6 Å². The van der Waals surface area contributed by atoms with Gasteiger partial charge in [-0.3, -0.25) is 0 Å². The molecule has 0 aliphatic heterocycles. The molecule has 2 rings (SSSR count). The highest BCUT2D eigenvalue weighted by Crippen LogP contribution is 2.24. The summed E-state index contributed by atoms with van der Waals surface area (Å²) >= 11 is 0. The van der Waals surface area contributed by atoms with Crippen molar-refractivity contribution >= 4 is 10.9 Å². The molecule has 1 heterocycles. The average Bonchev–Trinajstić information content (AvgIpc) is 2.26. The van der Waals surface area contributed by atoms with Gasteiger partial charge in [-0.15, -0.1) is 0 Å². The Balaban J connectivity index is 2.60. The van der Waals surface area contributed by atoms with Crippen LogP contribution >= 0.6 is 0 Å². The van der Waals surface area contributed by atoms with Crippen molar-refractivity contribution in [2.24, 2.45) is 5.92 Å². The lowest BCUT2D eigenvalue weighted by molar-refractivity contribution is 0.417. The first-order valence-corrected chi connectivity index (χ1v) is 6.71. The topological polar surface area (TPSA) is 43.1 Å². The van der Waals surface area contributed by atoms with Crippen LogP contribution in [0.5, 0.6) is 0 Å². The molecule has 19 heavy (non-hydrogen) atoms. The Bertz CT molecular complexity index is 648. The molecule has 0 aliphatic carbocycles. The van der Waals surface area contributed by atoms with Crippen molar-refractivity contribution in [2.75, 3.05) is 0 Å². The molecule has 0 fully saturated rings. The SMILES string of the molecule is CC(C)Cc1nc2cc(C(C)(C)C)ccc2c(=O)o1. The van der Waals surface area contributed by atoms with Crippen LogP contribution in [0.1, 0.15) is 46.1 Å². The minimum atomic E-state index is -0.291. The molecule has 0 N–H and O–H groups in total. The predicted octanol–water partition coefficient (Wildman–Crippen LogP) is 3.68. The molecule has 0 aliphatic rings. The molecule has 3 nitrogen and oxygen atoms in total. The molecule has 0 amide bonds. The van der Waals surface area contributed by atoms with Gasteiger partial charge < -0.3 is 4.42 Å². The number of hydrogen-bond donors (Lipinski definition) is 0. The lowest BCUT2D eigenvalue weighted by atomic mass is 9.87. The van der Waals surface area contributed by atoms with Crippen molar-refractivity contribution in [3.63, 3.8) is 0 Å². The number of rotatable bonds is 2. The average molecular weight is 259 g/mol. The quantitative estimate of drug-likeness (QED) is 0.826. The fourth-order valence-electron chi connectivity index (χ4n) is 2.02. The summed E-state index contributed by atoms with van der Waals surface area (Å²) in [5, 5.41) is 0.556. The van der Waals surface area contributed by atoms with E-state index in [1.54, 1.807) is 0 Å². The zero-order valence-electron chi connectivity index (χ0n) is 12.3. The molecule has 0 saturated heterocycles. The first-order chi connectivity index (χ1) is 8.77. The van der Waals surface area contributed by atoms with Crippen LogP contribution in [0.15, 0.2) is 27.4 Å². The van der Waals surface area contributed by atoms with Crippen LogP contribution in [0, 0.1) is 5.92 Å². The molecule has 0 radical (unpaired) electrons. The molecule has 2 aromatic rings. The van der Waals surface area contributed by atoms with Gasteiger partial charge in [-0.25, -0.2) is 9.78 Å². The summed E-state index contributed by atoms with van der Waals surface area (Å²) in [6, 6.07) is 5.78. The second-order valence-electron chi connectivity index (χ2n) is 6.47. The summed E-state index contributed by atoms with van der Waals surface area (Å²) in [6.07, 6.45) is 0.685. The largest absolute Gasteiger partial charge is 0.408 e. The Morgan fingerprint density at radius 2 is 1.95 bits per heavy atom. The van der Waals surface area contributed by atoms with Crippen LogP contribution in [-0.4, -0.2) is 4.98 Å². The molecule has 1 aromatic carbocycles. The van der Waals surface area contributed by atoms with Gasteiger partial charge in [0.2, 0.25) is 0 Å². The van der Waals surface area contributed by atoms with Gasteiger partial charge in [0.1, 0.15) is 0 Å². The van der Waals surface area contributed by atoms with E-state index in [9.17, 15) is 4.79 Å². The number of benzene rings is 1. The molecule has 102 valence electrons. The summed E-state index contributed by atoms with van der Waals surface area (Å²) in [5.74, 6) is 0.942. The van der Waals surface area contributed by atoms with E-state index in [4.69, 9.17) is 4.42 Å². The van der Waals surface area contributed by atoms with Crippen LogP contribution in [0.25, 0.3) is 10.9 Å². The molecule has 1 aromatic heterocycles. The van der Waals surface area contributed by atoms with Gasteiger partial charge in [-0.05, 0) is 29.0 Å². The van der Waals surface area contributed by atoms with Crippen molar-refractivity contribution in [1.82, 2.24) is 4.98 Å². The molecule has 0 unspecified atom stereocenters. The van der Waals surface area contributed by atoms with Crippen molar-refractivity contribution < 1.29 is 4.42 Å². The second kappa shape index (κ2) is 4.80. The van der Waals surface area contributed by atoms with E-state index < -0.39 is 0 Å². The third kappa shape index (κ3) is 3.03. The van der Waals surface area contributed by atoms with Gasteiger partial charge in [0.15, 0.2) is 5.89 Å². The third-order valence-electron chi connectivity index (χ3n) is 3.12. The fourth-order valence-corrected chi connectivity index (χ4v) is 2.02. The third-order valence-corrected chi connectivity index (χ3v) is 3.12. The van der Waals surface area contributed by atoms with E-state index in [1.165, 1.54) is 5.56 Å². The van der Waals surface area contributed by atoms with E-state index >= 15 is 0 Å². The maximum absolute atomic E-state index is 11.9. The lowest BCUT2D eigenvalue weighted by Crippen LogP contribution is -2.13. The normalized spacial score (nSPS) is 12.3. The highest BCUT2D eigenvalue weighted by molar-refractivity contribution is 5.78. The number of fused-ring (bicyclic) bond motifs is 1. The molecule has 3 heteroatoms. The van der Waals surface area contributed by atoms with Gasteiger partial charge in [-0.2, -0.15) is 0 Å². The highest BCUT2D eigenvalue weighted by atomic mass is 16.4. The summed E-state index contributed by atoms with van der Waals surface area (Å²) < 4.78 is 5.26. The molecule has 0 spiro atoms. The monoisotopic (exact) mass is 259 g/mol. The summed E-state index contributed by atoms with van der Waals surface area (Å²) in [7, 11) is 0. The van der Waals surface area contributed by atoms with Crippen molar-refractivity contribution in [2.45, 2.75) is 46.5 Å². The molecular weight excluding hydrogens is 238 g/mol. The maximum Gasteiger partial charge on any atom is 0.346 e. The van der Waals surface area contributed by atoms with Gasteiger partial charge in [0, 0.05) is 6.42 Å². The van der Waals surface area contributed by atoms with Crippen molar-refractivity contribution in [1.29, 1.82) is 0 Å². The van der Waals surface area contributed by atoms with Crippen LogP contribution in [0.2, 0.25) is 0 Å². The number of aromatic nitrogens is 1. The summed E-state index contributed by atoms with van der Waals surface area (Å²) in [5.41, 5.74) is 1.67. The van der Waals surface area contributed by atoms with Gasteiger partial charge >= 0.3 is 5.63 Å². The fraction of sp³-hybridized carbons (Fsp3) is 0.500. The van der Waals surface area contributed by atoms with Crippen LogP contribution in [0.4, 0.5) is 0 Å². The number of hydrogen-bond acceptors (Lipinski definition) is 3. The lowest BCUT2D eigenvalue weighted by Gasteiger charge is -2.19. The molecular formula is C16H21NO2. The van der Waals surface area contributed by atoms with Gasteiger partial charge in [-0.1, -0.05) is 40.7 Å². The zero-order valence-corrected chi connectivity index (χ0v) is 12.3. The molecule has 0 atom stereocenters. The molecule has 0 bridgehead atoms. The van der Waals surface area contributed by atoms with Crippen LogP contribution < -0.4 is 5.63 Å². The number of nitrogens with zero attached hydrogens (tertiary/aromatic N) is 1. The van der Waals surface area contributed by atoms with Crippen LogP contribution in [0.3, 0.4) is 0 Å².